The van der Waals surface area contributed by atoms with Crippen LogP contribution < -0.4 is 10.9 Å². The fourth-order valence-electron chi connectivity index (χ4n) is 1.94. The summed E-state index contributed by atoms with van der Waals surface area (Å²) in [6.07, 6.45) is 6.55. The summed E-state index contributed by atoms with van der Waals surface area (Å²) in [5, 5.41) is 3.15. The summed E-state index contributed by atoms with van der Waals surface area (Å²) < 4.78 is 1.71. The third kappa shape index (κ3) is 5.33. The topological polar surface area (TPSA) is 50.2 Å². The minimum atomic E-state index is -0.0198. The number of aryl methyl sites for hydroxylation is 1. The Balaban J connectivity index is 2.36. The van der Waals surface area contributed by atoms with E-state index >= 15 is 0 Å². The van der Waals surface area contributed by atoms with Crippen molar-refractivity contribution in [2.24, 2.45) is 0 Å². The Morgan fingerprint density at radius 2 is 2.15 bits per heavy atom. The highest BCUT2D eigenvalue weighted by molar-refractivity contribution is 5.30. The molecular formula is C15H28N4O. The fraction of sp³-hybridized carbons (Fsp3) is 0.733. The summed E-state index contributed by atoms with van der Waals surface area (Å²) in [7, 11) is 2.14. The van der Waals surface area contributed by atoms with Gasteiger partial charge in [0.15, 0.2) is 5.82 Å². The molecule has 0 spiro atoms. The van der Waals surface area contributed by atoms with Gasteiger partial charge in [-0.05, 0) is 46.7 Å². The molecule has 0 bridgehead atoms. The lowest BCUT2D eigenvalue weighted by Crippen LogP contribution is -2.28. The lowest BCUT2D eigenvalue weighted by Gasteiger charge is -2.20. The average Bonchev–Trinajstić information content (AvgIpc) is 2.42. The molecule has 114 valence electrons. The minimum Gasteiger partial charge on any atom is -0.365 e. The quantitative estimate of drug-likeness (QED) is 0.704. The molecule has 0 saturated carbocycles. The van der Waals surface area contributed by atoms with Crippen LogP contribution in [-0.4, -0.2) is 40.6 Å². The van der Waals surface area contributed by atoms with Crippen LogP contribution in [0.3, 0.4) is 0 Å². The van der Waals surface area contributed by atoms with Gasteiger partial charge in [0.25, 0.3) is 5.56 Å². The second kappa shape index (κ2) is 8.74. The average molecular weight is 280 g/mol. The van der Waals surface area contributed by atoms with Gasteiger partial charge in [-0.25, -0.2) is 4.98 Å². The van der Waals surface area contributed by atoms with Crippen molar-refractivity contribution in [1.82, 2.24) is 14.5 Å². The van der Waals surface area contributed by atoms with Gasteiger partial charge in [0.1, 0.15) is 0 Å². The standard InChI is InChI=1S/C15H28N4O/c1-5-10-19-12-9-17-14(15(19)20)16-8-6-7-11-18(4)13(2)3/h9,12-13H,5-8,10-11H2,1-4H3,(H,16,17). The van der Waals surface area contributed by atoms with E-state index in [0.717, 1.165) is 38.9 Å². The molecule has 0 unspecified atom stereocenters. The summed E-state index contributed by atoms with van der Waals surface area (Å²) >= 11 is 0. The summed E-state index contributed by atoms with van der Waals surface area (Å²) in [6.45, 7) is 9.08. The van der Waals surface area contributed by atoms with Gasteiger partial charge in [0, 0.05) is 31.5 Å². The molecule has 0 saturated heterocycles. The molecule has 0 aliphatic rings. The number of hydrogen-bond acceptors (Lipinski definition) is 4. The van der Waals surface area contributed by atoms with Crippen molar-refractivity contribution in [1.29, 1.82) is 0 Å². The van der Waals surface area contributed by atoms with Crippen molar-refractivity contribution in [3.63, 3.8) is 0 Å². The van der Waals surface area contributed by atoms with Gasteiger partial charge in [-0.15, -0.1) is 0 Å². The zero-order valence-corrected chi connectivity index (χ0v) is 13.2. The number of aromatic nitrogens is 2. The van der Waals surface area contributed by atoms with Crippen LogP contribution in [0.4, 0.5) is 5.82 Å². The highest BCUT2D eigenvalue weighted by Crippen LogP contribution is 1.99. The highest BCUT2D eigenvalue weighted by Gasteiger charge is 2.04. The molecule has 20 heavy (non-hydrogen) atoms. The number of nitrogens with one attached hydrogen (secondary N) is 1. The maximum Gasteiger partial charge on any atom is 0.293 e. The van der Waals surface area contributed by atoms with Crippen LogP contribution in [-0.2, 0) is 6.54 Å². The SMILES string of the molecule is CCCn1ccnc(NCCCCN(C)C(C)C)c1=O. The first-order valence-electron chi connectivity index (χ1n) is 7.55. The molecule has 0 fully saturated rings. The van der Waals surface area contributed by atoms with E-state index in [0.29, 0.717) is 11.9 Å². The van der Waals surface area contributed by atoms with E-state index in [1.807, 2.05) is 0 Å². The normalized spacial score (nSPS) is 11.3. The molecule has 0 aliphatic carbocycles. The Hall–Kier alpha value is -1.36. The summed E-state index contributed by atoms with van der Waals surface area (Å²) in [4.78, 5) is 18.5. The summed E-state index contributed by atoms with van der Waals surface area (Å²) in [6, 6.07) is 0.583. The first-order valence-corrected chi connectivity index (χ1v) is 7.55. The number of nitrogens with zero attached hydrogens (tertiary/aromatic N) is 3. The molecule has 1 aromatic heterocycles. The lowest BCUT2D eigenvalue weighted by atomic mass is 10.2. The van der Waals surface area contributed by atoms with E-state index in [1.54, 1.807) is 17.0 Å². The number of unbranched alkanes of at least 4 members (excludes halogenated alkanes) is 1. The Kier molecular flexibility index (Phi) is 7.30. The van der Waals surface area contributed by atoms with Gasteiger partial charge in [-0.2, -0.15) is 0 Å². The molecular weight excluding hydrogens is 252 g/mol. The van der Waals surface area contributed by atoms with Gasteiger partial charge in [-0.3, -0.25) is 4.79 Å². The molecule has 0 radical (unpaired) electrons. The second-order valence-electron chi connectivity index (χ2n) is 5.48. The molecule has 5 nitrogen and oxygen atoms in total. The first kappa shape index (κ1) is 16.7. The smallest absolute Gasteiger partial charge is 0.293 e. The number of anilines is 1. The predicted molar refractivity (Wildman–Crippen MR) is 84.3 cm³/mol. The molecule has 0 aromatic carbocycles. The Labute approximate surface area is 122 Å². The first-order chi connectivity index (χ1) is 9.56. The van der Waals surface area contributed by atoms with E-state index in [4.69, 9.17) is 0 Å². The molecule has 0 atom stereocenters. The lowest BCUT2D eigenvalue weighted by molar-refractivity contribution is 0.269. The van der Waals surface area contributed by atoms with Gasteiger partial charge < -0.3 is 14.8 Å². The third-order valence-electron chi connectivity index (χ3n) is 3.49. The number of hydrogen-bond donors (Lipinski definition) is 1. The molecule has 1 rings (SSSR count). The van der Waals surface area contributed by atoms with E-state index in [1.165, 1.54) is 0 Å². The van der Waals surface area contributed by atoms with E-state index in [9.17, 15) is 4.79 Å². The Morgan fingerprint density at radius 3 is 2.80 bits per heavy atom. The van der Waals surface area contributed by atoms with Crippen molar-refractivity contribution in [3.05, 3.63) is 22.7 Å². The van der Waals surface area contributed by atoms with Crippen LogP contribution in [0.2, 0.25) is 0 Å². The number of rotatable bonds is 9. The fourth-order valence-corrected chi connectivity index (χ4v) is 1.94. The Bertz CT molecular complexity index is 442. The van der Waals surface area contributed by atoms with Crippen LogP contribution in [0.5, 0.6) is 0 Å². The maximum absolute atomic E-state index is 12.0. The third-order valence-corrected chi connectivity index (χ3v) is 3.49. The largest absolute Gasteiger partial charge is 0.365 e. The van der Waals surface area contributed by atoms with Crippen LogP contribution in [0.25, 0.3) is 0 Å². The van der Waals surface area contributed by atoms with Gasteiger partial charge in [0.05, 0.1) is 0 Å². The van der Waals surface area contributed by atoms with Gasteiger partial charge in [0.2, 0.25) is 0 Å². The maximum atomic E-state index is 12.0. The molecule has 5 heteroatoms. The van der Waals surface area contributed by atoms with Crippen LogP contribution in [0.1, 0.15) is 40.0 Å². The van der Waals surface area contributed by atoms with Gasteiger partial charge >= 0.3 is 0 Å². The molecule has 0 amide bonds. The van der Waals surface area contributed by atoms with Crippen molar-refractivity contribution < 1.29 is 0 Å². The zero-order chi connectivity index (χ0) is 15.0. The summed E-state index contributed by atoms with van der Waals surface area (Å²) in [5.41, 5.74) is -0.0198. The van der Waals surface area contributed by atoms with E-state index < -0.39 is 0 Å². The van der Waals surface area contributed by atoms with Crippen molar-refractivity contribution in [2.45, 2.75) is 52.6 Å². The molecule has 0 aliphatic heterocycles. The monoisotopic (exact) mass is 280 g/mol. The summed E-state index contributed by atoms with van der Waals surface area (Å²) in [5.74, 6) is 0.471. The highest BCUT2D eigenvalue weighted by atomic mass is 16.1. The van der Waals surface area contributed by atoms with Gasteiger partial charge in [-0.1, -0.05) is 6.92 Å². The van der Waals surface area contributed by atoms with Crippen molar-refractivity contribution in [2.75, 3.05) is 25.5 Å². The van der Waals surface area contributed by atoms with E-state index in [2.05, 4.69) is 43.0 Å². The van der Waals surface area contributed by atoms with Crippen molar-refractivity contribution in [3.8, 4) is 0 Å². The minimum absolute atomic E-state index is 0.0198. The molecule has 1 N–H and O–H groups in total. The van der Waals surface area contributed by atoms with E-state index in [-0.39, 0.29) is 5.56 Å². The van der Waals surface area contributed by atoms with Crippen LogP contribution in [0, 0.1) is 0 Å². The van der Waals surface area contributed by atoms with Crippen molar-refractivity contribution >= 4 is 5.82 Å². The second-order valence-corrected chi connectivity index (χ2v) is 5.48. The Morgan fingerprint density at radius 1 is 1.40 bits per heavy atom. The molecule has 1 heterocycles. The van der Waals surface area contributed by atoms with Crippen LogP contribution >= 0.6 is 0 Å². The van der Waals surface area contributed by atoms with Crippen LogP contribution in [0.15, 0.2) is 17.2 Å². The zero-order valence-electron chi connectivity index (χ0n) is 13.2. The predicted octanol–water partition coefficient (Wildman–Crippen LogP) is 2.19. The molecule has 1 aromatic rings.